The normalized spacial score (nSPS) is 20.5. The molecule has 2 heterocycles. The molecule has 5 heteroatoms. The Kier molecular flexibility index (Phi) is 4.12. The Morgan fingerprint density at radius 1 is 1.65 bits per heavy atom. The number of amides is 1. The molecule has 0 spiro atoms. The topological polar surface area (TPSA) is 54.0 Å². The number of thiazole rings is 1. The number of nitrogens with zero attached hydrogens (tertiary/aromatic N) is 1. The van der Waals surface area contributed by atoms with E-state index in [1.54, 1.807) is 0 Å². The lowest BCUT2D eigenvalue weighted by molar-refractivity contribution is -0.120. The first-order valence-electron chi connectivity index (χ1n) is 6.14. The quantitative estimate of drug-likeness (QED) is 0.868. The van der Waals surface area contributed by atoms with Crippen LogP contribution in [0.3, 0.4) is 0 Å². The lowest BCUT2D eigenvalue weighted by atomic mass is 9.99. The van der Waals surface area contributed by atoms with Gasteiger partial charge in [0.25, 0.3) is 0 Å². The summed E-state index contributed by atoms with van der Waals surface area (Å²) in [5, 5.41) is 8.90. The van der Waals surface area contributed by atoms with Crippen LogP contribution in [-0.4, -0.2) is 24.0 Å². The van der Waals surface area contributed by atoms with E-state index in [0.29, 0.717) is 5.92 Å². The van der Waals surface area contributed by atoms with Crippen LogP contribution in [0.2, 0.25) is 0 Å². The molecule has 2 rings (SSSR count). The van der Waals surface area contributed by atoms with Crippen LogP contribution in [0.25, 0.3) is 0 Å². The highest BCUT2D eigenvalue weighted by Gasteiger charge is 2.21. The molecule has 1 atom stereocenters. The fraction of sp³-hybridized carbons (Fsp3) is 0.667. The molecule has 4 nitrogen and oxygen atoms in total. The average molecular weight is 253 g/mol. The summed E-state index contributed by atoms with van der Waals surface area (Å²) in [5.41, 5.74) is 1.05. The van der Waals surface area contributed by atoms with Gasteiger partial charge >= 0.3 is 0 Å². The van der Waals surface area contributed by atoms with Gasteiger partial charge in [-0.1, -0.05) is 13.8 Å². The highest BCUT2D eigenvalue weighted by Crippen LogP contribution is 2.22. The Balaban J connectivity index is 1.92. The molecule has 1 saturated heterocycles. The highest BCUT2D eigenvalue weighted by molar-refractivity contribution is 7.13. The summed E-state index contributed by atoms with van der Waals surface area (Å²) in [7, 11) is 0. The molecule has 0 unspecified atom stereocenters. The number of piperidine rings is 1. The van der Waals surface area contributed by atoms with Crippen LogP contribution in [0.5, 0.6) is 0 Å². The summed E-state index contributed by atoms with van der Waals surface area (Å²) in [4.78, 5) is 16.4. The van der Waals surface area contributed by atoms with E-state index in [1.165, 1.54) is 11.3 Å². The molecule has 1 fully saturated rings. The van der Waals surface area contributed by atoms with Crippen molar-refractivity contribution in [1.29, 1.82) is 0 Å². The Labute approximate surface area is 106 Å². The number of aromatic nitrogens is 1. The van der Waals surface area contributed by atoms with Gasteiger partial charge in [-0.25, -0.2) is 4.98 Å². The first-order chi connectivity index (χ1) is 8.16. The first-order valence-corrected chi connectivity index (χ1v) is 7.02. The molecule has 0 saturated carbocycles. The van der Waals surface area contributed by atoms with Crippen molar-refractivity contribution < 1.29 is 4.79 Å². The molecule has 0 aliphatic carbocycles. The Morgan fingerprint density at radius 2 is 2.47 bits per heavy atom. The van der Waals surface area contributed by atoms with Crippen LogP contribution < -0.4 is 10.6 Å². The smallest absolute Gasteiger partial charge is 0.230 e. The van der Waals surface area contributed by atoms with Crippen molar-refractivity contribution in [2.45, 2.75) is 32.6 Å². The van der Waals surface area contributed by atoms with Gasteiger partial charge < -0.3 is 10.6 Å². The molecule has 1 aliphatic rings. The minimum absolute atomic E-state index is 0.0927. The summed E-state index contributed by atoms with van der Waals surface area (Å²) in [6, 6.07) is 0. The van der Waals surface area contributed by atoms with E-state index in [2.05, 4.69) is 29.5 Å². The summed E-state index contributed by atoms with van der Waals surface area (Å²) in [6.07, 6.45) is 2.05. The van der Waals surface area contributed by atoms with E-state index in [4.69, 9.17) is 0 Å². The third kappa shape index (κ3) is 3.26. The highest BCUT2D eigenvalue weighted by atomic mass is 32.1. The summed E-state index contributed by atoms with van der Waals surface area (Å²) in [6.45, 7) is 6.02. The van der Waals surface area contributed by atoms with Gasteiger partial charge in [-0.2, -0.15) is 0 Å². The summed E-state index contributed by atoms with van der Waals surface area (Å²) in [5.74, 6) is 0.602. The maximum Gasteiger partial charge on any atom is 0.230 e. The van der Waals surface area contributed by atoms with E-state index in [9.17, 15) is 4.79 Å². The predicted octanol–water partition coefficient (Wildman–Crippen LogP) is 2.20. The van der Waals surface area contributed by atoms with E-state index in [1.807, 2.05) is 5.38 Å². The van der Waals surface area contributed by atoms with Gasteiger partial charge in [0.1, 0.15) is 0 Å². The number of hydrogen-bond acceptors (Lipinski definition) is 4. The van der Waals surface area contributed by atoms with E-state index in [-0.39, 0.29) is 11.8 Å². The number of carbonyl (C=O) groups is 1. The molecule has 1 aliphatic heterocycles. The van der Waals surface area contributed by atoms with Crippen molar-refractivity contribution in [2.75, 3.05) is 18.4 Å². The zero-order chi connectivity index (χ0) is 12.3. The predicted molar refractivity (Wildman–Crippen MR) is 70.4 cm³/mol. The van der Waals surface area contributed by atoms with Crippen LogP contribution in [0.1, 0.15) is 38.3 Å². The first kappa shape index (κ1) is 12.5. The van der Waals surface area contributed by atoms with E-state index in [0.717, 1.165) is 36.8 Å². The van der Waals surface area contributed by atoms with Crippen molar-refractivity contribution in [3.8, 4) is 0 Å². The fourth-order valence-electron chi connectivity index (χ4n) is 1.89. The molecule has 1 aromatic heterocycles. The maximum absolute atomic E-state index is 12.0. The second kappa shape index (κ2) is 5.60. The number of hydrogen-bond donors (Lipinski definition) is 2. The van der Waals surface area contributed by atoms with Crippen molar-refractivity contribution in [3.05, 3.63) is 11.1 Å². The van der Waals surface area contributed by atoms with Gasteiger partial charge in [-0.15, -0.1) is 11.3 Å². The van der Waals surface area contributed by atoms with Gasteiger partial charge in [-0.3, -0.25) is 4.79 Å². The van der Waals surface area contributed by atoms with Gasteiger partial charge in [0, 0.05) is 11.9 Å². The van der Waals surface area contributed by atoms with Gasteiger partial charge in [0.15, 0.2) is 5.13 Å². The second-order valence-electron chi connectivity index (χ2n) is 4.76. The molecule has 1 aromatic rings. The SMILES string of the molecule is CC(C)c1csc(NC(=O)[C@H]2CCCNC2)n1. The zero-order valence-electron chi connectivity index (χ0n) is 10.3. The van der Waals surface area contributed by atoms with E-state index >= 15 is 0 Å². The number of nitrogens with one attached hydrogen (secondary N) is 2. The van der Waals surface area contributed by atoms with Crippen LogP contribution in [-0.2, 0) is 4.79 Å². The summed E-state index contributed by atoms with van der Waals surface area (Å²) < 4.78 is 0. The number of rotatable bonds is 3. The monoisotopic (exact) mass is 253 g/mol. The Bertz CT molecular complexity index is 383. The minimum Gasteiger partial charge on any atom is -0.316 e. The van der Waals surface area contributed by atoms with Crippen LogP contribution >= 0.6 is 11.3 Å². The third-order valence-corrected chi connectivity index (χ3v) is 3.79. The van der Waals surface area contributed by atoms with Crippen molar-refractivity contribution in [3.63, 3.8) is 0 Å². The van der Waals surface area contributed by atoms with E-state index < -0.39 is 0 Å². The number of anilines is 1. The van der Waals surface area contributed by atoms with Crippen molar-refractivity contribution in [2.24, 2.45) is 5.92 Å². The lowest BCUT2D eigenvalue weighted by Crippen LogP contribution is -2.37. The summed E-state index contributed by atoms with van der Waals surface area (Å²) >= 11 is 1.51. The van der Waals surface area contributed by atoms with Gasteiger partial charge in [0.05, 0.1) is 11.6 Å². The average Bonchev–Trinajstić information content (AvgIpc) is 2.79. The second-order valence-corrected chi connectivity index (χ2v) is 5.62. The van der Waals surface area contributed by atoms with Gasteiger partial charge in [0.2, 0.25) is 5.91 Å². The standard InChI is InChI=1S/C12H19N3OS/c1-8(2)10-7-17-12(14-10)15-11(16)9-4-3-5-13-6-9/h7-9,13H,3-6H2,1-2H3,(H,14,15,16)/t9-/m0/s1. The molecule has 94 valence electrons. The molecule has 17 heavy (non-hydrogen) atoms. The molecular weight excluding hydrogens is 234 g/mol. The molecular formula is C12H19N3OS. The molecule has 2 N–H and O–H groups in total. The third-order valence-electron chi connectivity index (χ3n) is 3.01. The Hall–Kier alpha value is -0.940. The fourth-order valence-corrected chi connectivity index (χ4v) is 2.77. The maximum atomic E-state index is 12.0. The van der Waals surface area contributed by atoms with Crippen LogP contribution in [0, 0.1) is 5.92 Å². The molecule has 1 amide bonds. The molecule has 0 bridgehead atoms. The minimum atomic E-state index is 0.0927. The zero-order valence-corrected chi connectivity index (χ0v) is 11.1. The largest absolute Gasteiger partial charge is 0.316 e. The van der Waals surface area contributed by atoms with Crippen LogP contribution in [0.15, 0.2) is 5.38 Å². The van der Waals surface area contributed by atoms with Crippen molar-refractivity contribution >= 4 is 22.4 Å². The lowest BCUT2D eigenvalue weighted by Gasteiger charge is -2.21. The van der Waals surface area contributed by atoms with Crippen molar-refractivity contribution in [1.82, 2.24) is 10.3 Å². The molecule has 0 aromatic carbocycles. The Morgan fingerprint density at radius 3 is 3.06 bits per heavy atom. The van der Waals surface area contributed by atoms with Crippen LogP contribution in [0.4, 0.5) is 5.13 Å². The molecule has 0 radical (unpaired) electrons. The number of carbonyl (C=O) groups excluding carboxylic acids is 1. The van der Waals surface area contributed by atoms with Gasteiger partial charge in [-0.05, 0) is 25.3 Å².